The van der Waals surface area contributed by atoms with Crippen molar-refractivity contribution in [1.82, 2.24) is 5.32 Å². The summed E-state index contributed by atoms with van der Waals surface area (Å²) in [4.78, 5) is 23.6. The molecular formula is C18H17N3O3. The lowest BCUT2D eigenvalue weighted by atomic mass is 10.1. The third-order valence-electron chi connectivity index (χ3n) is 3.27. The molecule has 2 aromatic rings. The Morgan fingerprint density at radius 2 is 1.71 bits per heavy atom. The van der Waals surface area contributed by atoms with Gasteiger partial charge in [0, 0.05) is 5.69 Å². The Labute approximate surface area is 140 Å². The van der Waals surface area contributed by atoms with Gasteiger partial charge in [-0.3, -0.25) is 9.59 Å². The average molecular weight is 323 g/mol. The number of anilines is 1. The number of hydrogen-bond acceptors (Lipinski definition) is 4. The Bertz CT molecular complexity index is 747. The Hall–Kier alpha value is -3.33. The molecule has 2 aromatic carbocycles. The van der Waals surface area contributed by atoms with E-state index in [4.69, 9.17) is 10.00 Å². The third kappa shape index (κ3) is 5.14. The Balaban J connectivity index is 1.77. The van der Waals surface area contributed by atoms with E-state index in [1.165, 1.54) is 0 Å². The number of nitrogens with one attached hydrogen (secondary N) is 2. The first-order chi connectivity index (χ1) is 11.6. The summed E-state index contributed by atoms with van der Waals surface area (Å²) in [6, 6.07) is 15.6. The molecule has 0 unspecified atom stereocenters. The molecule has 0 saturated heterocycles. The number of rotatable bonds is 6. The number of nitrogens with zero attached hydrogens (tertiary/aromatic N) is 1. The van der Waals surface area contributed by atoms with E-state index in [9.17, 15) is 9.59 Å². The summed E-state index contributed by atoms with van der Waals surface area (Å²) < 4.78 is 5.05. The van der Waals surface area contributed by atoms with Crippen LogP contribution in [0.1, 0.15) is 11.1 Å². The van der Waals surface area contributed by atoms with Crippen LogP contribution in [0.5, 0.6) is 5.75 Å². The summed E-state index contributed by atoms with van der Waals surface area (Å²) in [5.41, 5.74) is 1.92. The van der Waals surface area contributed by atoms with Crippen LogP contribution >= 0.6 is 0 Å². The van der Waals surface area contributed by atoms with Crippen LogP contribution in [0.25, 0.3) is 0 Å². The quantitative estimate of drug-likeness (QED) is 0.849. The van der Waals surface area contributed by atoms with Crippen LogP contribution in [0.3, 0.4) is 0 Å². The van der Waals surface area contributed by atoms with Gasteiger partial charge in [-0.1, -0.05) is 12.1 Å². The fourth-order valence-electron chi connectivity index (χ4n) is 2.00. The van der Waals surface area contributed by atoms with E-state index in [0.717, 1.165) is 11.3 Å². The van der Waals surface area contributed by atoms with Crippen molar-refractivity contribution in [1.29, 1.82) is 5.26 Å². The minimum atomic E-state index is -0.331. The number of hydrogen-bond donors (Lipinski definition) is 2. The average Bonchev–Trinajstić information content (AvgIpc) is 2.61. The molecule has 2 N–H and O–H groups in total. The molecule has 0 aliphatic rings. The van der Waals surface area contributed by atoms with Crippen LogP contribution in [-0.4, -0.2) is 25.5 Å². The Kier molecular flexibility index (Phi) is 5.92. The summed E-state index contributed by atoms with van der Waals surface area (Å²) >= 11 is 0. The van der Waals surface area contributed by atoms with Gasteiger partial charge in [-0.25, -0.2) is 0 Å². The third-order valence-corrected chi connectivity index (χ3v) is 3.27. The normalized spacial score (nSPS) is 9.67. The maximum Gasteiger partial charge on any atom is 0.243 e. The van der Waals surface area contributed by atoms with Gasteiger partial charge in [0.15, 0.2) is 0 Å². The van der Waals surface area contributed by atoms with Crippen molar-refractivity contribution >= 4 is 17.5 Å². The predicted octanol–water partition coefficient (Wildman–Crippen LogP) is 1.86. The van der Waals surface area contributed by atoms with Gasteiger partial charge < -0.3 is 15.4 Å². The number of ether oxygens (including phenoxy) is 1. The number of amides is 2. The molecule has 6 nitrogen and oxygen atoms in total. The molecule has 6 heteroatoms. The van der Waals surface area contributed by atoms with Crippen LogP contribution in [-0.2, 0) is 16.0 Å². The highest BCUT2D eigenvalue weighted by atomic mass is 16.5. The highest BCUT2D eigenvalue weighted by Crippen LogP contribution is 2.11. The first-order valence-corrected chi connectivity index (χ1v) is 7.30. The van der Waals surface area contributed by atoms with Crippen LogP contribution in [0.2, 0.25) is 0 Å². The van der Waals surface area contributed by atoms with Crippen LogP contribution in [0.4, 0.5) is 5.69 Å². The van der Waals surface area contributed by atoms with E-state index >= 15 is 0 Å². The van der Waals surface area contributed by atoms with E-state index in [1.54, 1.807) is 55.6 Å². The predicted molar refractivity (Wildman–Crippen MR) is 89.5 cm³/mol. The zero-order valence-electron chi connectivity index (χ0n) is 13.2. The minimum absolute atomic E-state index is 0.116. The highest BCUT2D eigenvalue weighted by molar-refractivity contribution is 5.94. The second-order valence-electron chi connectivity index (χ2n) is 5.04. The Morgan fingerprint density at radius 3 is 2.29 bits per heavy atom. The SMILES string of the molecule is COc1ccc(CC(=O)NCC(=O)Nc2ccc(C#N)cc2)cc1. The molecular weight excluding hydrogens is 306 g/mol. The van der Waals surface area contributed by atoms with Gasteiger partial charge in [0.05, 0.1) is 31.7 Å². The van der Waals surface area contributed by atoms with Crippen molar-refractivity contribution < 1.29 is 14.3 Å². The zero-order valence-corrected chi connectivity index (χ0v) is 13.2. The molecule has 24 heavy (non-hydrogen) atoms. The number of benzene rings is 2. The van der Waals surface area contributed by atoms with Gasteiger partial charge in [-0.15, -0.1) is 0 Å². The second-order valence-corrected chi connectivity index (χ2v) is 5.04. The molecule has 0 atom stereocenters. The van der Waals surface area contributed by atoms with Crippen LogP contribution < -0.4 is 15.4 Å². The molecule has 0 bridgehead atoms. The van der Waals surface area contributed by atoms with Gasteiger partial charge in [-0.2, -0.15) is 5.26 Å². The second kappa shape index (κ2) is 8.34. The van der Waals surface area contributed by atoms with E-state index < -0.39 is 0 Å². The van der Waals surface area contributed by atoms with Gasteiger partial charge in [0.2, 0.25) is 11.8 Å². The number of carbonyl (C=O) groups excluding carboxylic acids is 2. The molecule has 0 aliphatic heterocycles. The van der Waals surface area contributed by atoms with E-state index in [-0.39, 0.29) is 24.8 Å². The molecule has 2 amide bonds. The van der Waals surface area contributed by atoms with Crippen LogP contribution in [0, 0.1) is 11.3 Å². The summed E-state index contributed by atoms with van der Waals surface area (Å²) in [5.74, 6) is 0.152. The number of methoxy groups -OCH3 is 1. The van der Waals surface area contributed by atoms with Crippen molar-refractivity contribution in [2.75, 3.05) is 19.0 Å². The summed E-state index contributed by atoms with van der Waals surface area (Å²) in [7, 11) is 1.58. The fraction of sp³-hybridized carbons (Fsp3) is 0.167. The van der Waals surface area contributed by atoms with Crippen molar-refractivity contribution in [2.45, 2.75) is 6.42 Å². The molecule has 0 radical (unpaired) electrons. The standard InChI is InChI=1S/C18H17N3O3/c1-24-16-8-4-13(5-9-16)10-17(22)20-12-18(23)21-15-6-2-14(11-19)3-7-15/h2-9H,10,12H2,1H3,(H,20,22)(H,21,23). The van der Waals surface area contributed by atoms with Gasteiger partial charge in [0.25, 0.3) is 0 Å². The van der Waals surface area contributed by atoms with Crippen molar-refractivity contribution in [3.05, 3.63) is 59.7 Å². The summed E-state index contributed by atoms with van der Waals surface area (Å²) in [6.07, 6.45) is 0.189. The number of nitriles is 1. The van der Waals surface area contributed by atoms with Gasteiger partial charge >= 0.3 is 0 Å². The Morgan fingerprint density at radius 1 is 1.04 bits per heavy atom. The van der Waals surface area contributed by atoms with Gasteiger partial charge in [-0.05, 0) is 42.0 Å². The maximum atomic E-state index is 11.8. The molecule has 0 aliphatic carbocycles. The fourth-order valence-corrected chi connectivity index (χ4v) is 2.00. The lowest BCUT2D eigenvalue weighted by molar-refractivity contribution is -0.123. The monoisotopic (exact) mass is 323 g/mol. The molecule has 0 saturated carbocycles. The minimum Gasteiger partial charge on any atom is -0.497 e. The van der Waals surface area contributed by atoms with Gasteiger partial charge in [0.1, 0.15) is 5.75 Å². The summed E-state index contributed by atoms with van der Waals surface area (Å²) in [5, 5.41) is 13.9. The lowest BCUT2D eigenvalue weighted by Crippen LogP contribution is -2.33. The lowest BCUT2D eigenvalue weighted by Gasteiger charge is -2.07. The first kappa shape index (κ1) is 17.0. The van der Waals surface area contributed by atoms with Crippen molar-refractivity contribution in [3.8, 4) is 11.8 Å². The number of carbonyl (C=O) groups is 2. The molecule has 0 heterocycles. The van der Waals surface area contributed by atoms with Crippen molar-refractivity contribution in [3.63, 3.8) is 0 Å². The highest BCUT2D eigenvalue weighted by Gasteiger charge is 2.07. The molecule has 122 valence electrons. The molecule has 2 rings (SSSR count). The topological polar surface area (TPSA) is 91.2 Å². The van der Waals surface area contributed by atoms with E-state index in [2.05, 4.69) is 10.6 Å². The molecule has 0 aromatic heterocycles. The first-order valence-electron chi connectivity index (χ1n) is 7.30. The van der Waals surface area contributed by atoms with Crippen molar-refractivity contribution in [2.24, 2.45) is 0 Å². The maximum absolute atomic E-state index is 11.8. The van der Waals surface area contributed by atoms with E-state index in [1.807, 2.05) is 6.07 Å². The summed E-state index contributed by atoms with van der Waals surface area (Å²) in [6.45, 7) is -0.116. The molecule has 0 spiro atoms. The zero-order chi connectivity index (χ0) is 17.4. The van der Waals surface area contributed by atoms with Crippen LogP contribution in [0.15, 0.2) is 48.5 Å². The van der Waals surface area contributed by atoms with E-state index in [0.29, 0.717) is 11.3 Å². The largest absolute Gasteiger partial charge is 0.497 e. The smallest absolute Gasteiger partial charge is 0.243 e. The molecule has 0 fully saturated rings.